The van der Waals surface area contributed by atoms with E-state index in [0.717, 1.165) is 31.2 Å². The highest BCUT2D eigenvalue weighted by atomic mass is 35.5. The number of hydrogen-bond acceptors (Lipinski definition) is 2. The van der Waals surface area contributed by atoms with Gasteiger partial charge in [0.15, 0.2) is 0 Å². The number of hydrogen-bond donors (Lipinski definition) is 0. The Balaban J connectivity index is 1.77. The number of halogens is 1. The molecule has 138 valence electrons. The topological polar surface area (TPSA) is 23.6 Å². The molecule has 3 rings (SSSR count). The van der Waals surface area contributed by atoms with E-state index in [1.54, 1.807) is 0 Å². The second-order valence-corrected chi connectivity index (χ2v) is 7.82. The maximum atomic E-state index is 12.4. The van der Waals surface area contributed by atoms with Crippen molar-refractivity contribution in [1.29, 1.82) is 0 Å². The van der Waals surface area contributed by atoms with Gasteiger partial charge in [-0.15, -0.1) is 0 Å². The first-order valence-corrected chi connectivity index (χ1v) is 9.74. The van der Waals surface area contributed by atoms with E-state index in [-0.39, 0.29) is 11.9 Å². The van der Waals surface area contributed by atoms with Crippen LogP contribution < -0.4 is 0 Å². The fourth-order valence-electron chi connectivity index (χ4n) is 3.60. The van der Waals surface area contributed by atoms with Crippen molar-refractivity contribution in [3.8, 4) is 0 Å². The van der Waals surface area contributed by atoms with Crippen molar-refractivity contribution < 1.29 is 4.79 Å². The molecule has 0 aromatic heterocycles. The maximum Gasteiger partial charge on any atom is 0.222 e. The Labute approximate surface area is 161 Å². The Bertz CT molecular complexity index is 707. The molecule has 4 heteroatoms. The number of carbonyl (C=O) groups excluding carboxylic acids is 1. The molecule has 1 heterocycles. The summed E-state index contributed by atoms with van der Waals surface area (Å²) in [7, 11) is 0. The third-order valence-electron chi connectivity index (χ3n) is 4.92. The quantitative estimate of drug-likeness (QED) is 0.766. The van der Waals surface area contributed by atoms with Gasteiger partial charge in [-0.05, 0) is 29.2 Å². The van der Waals surface area contributed by atoms with Gasteiger partial charge in [-0.1, -0.05) is 67.9 Å². The molecule has 0 saturated carbocycles. The SMILES string of the molecule is CC(C)CC(=O)N1CCN([C@@H](c2ccccc2)c2ccc(Cl)cc2)CC1. The zero-order valence-electron chi connectivity index (χ0n) is 15.6. The highest BCUT2D eigenvalue weighted by Crippen LogP contribution is 2.30. The Kier molecular flexibility index (Phi) is 6.33. The van der Waals surface area contributed by atoms with E-state index in [4.69, 9.17) is 11.6 Å². The van der Waals surface area contributed by atoms with Crippen LogP contribution in [0.1, 0.15) is 37.4 Å². The number of carbonyl (C=O) groups is 1. The van der Waals surface area contributed by atoms with Crippen molar-refractivity contribution in [1.82, 2.24) is 9.80 Å². The van der Waals surface area contributed by atoms with E-state index in [9.17, 15) is 4.79 Å². The van der Waals surface area contributed by atoms with Crippen LogP contribution in [0.15, 0.2) is 54.6 Å². The molecule has 26 heavy (non-hydrogen) atoms. The lowest BCUT2D eigenvalue weighted by Gasteiger charge is -2.40. The predicted molar refractivity (Wildman–Crippen MR) is 107 cm³/mol. The van der Waals surface area contributed by atoms with Gasteiger partial charge in [0.2, 0.25) is 5.91 Å². The number of benzene rings is 2. The molecule has 0 unspecified atom stereocenters. The first-order chi connectivity index (χ1) is 12.5. The molecule has 1 atom stereocenters. The van der Waals surface area contributed by atoms with Crippen LogP contribution in [0.2, 0.25) is 5.02 Å². The number of nitrogens with zero attached hydrogens (tertiary/aromatic N) is 2. The molecule has 0 aliphatic carbocycles. The lowest BCUT2D eigenvalue weighted by atomic mass is 9.96. The average molecular weight is 371 g/mol. The van der Waals surface area contributed by atoms with E-state index in [1.807, 2.05) is 23.1 Å². The Morgan fingerprint density at radius 1 is 0.923 bits per heavy atom. The fourth-order valence-corrected chi connectivity index (χ4v) is 3.73. The number of piperazine rings is 1. The van der Waals surface area contributed by atoms with Crippen molar-refractivity contribution in [3.05, 3.63) is 70.7 Å². The Morgan fingerprint density at radius 2 is 1.50 bits per heavy atom. The molecule has 2 aromatic carbocycles. The summed E-state index contributed by atoms with van der Waals surface area (Å²) in [5, 5.41) is 0.754. The second-order valence-electron chi connectivity index (χ2n) is 7.38. The molecule has 1 saturated heterocycles. The van der Waals surface area contributed by atoms with Gasteiger partial charge in [-0.25, -0.2) is 0 Å². The summed E-state index contributed by atoms with van der Waals surface area (Å²) in [5.41, 5.74) is 2.51. The number of rotatable bonds is 5. The minimum absolute atomic E-state index is 0.191. The highest BCUT2D eigenvalue weighted by Gasteiger charge is 2.28. The Morgan fingerprint density at radius 3 is 2.08 bits per heavy atom. The molecule has 0 N–H and O–H groups in total. The van der Waals surface area contributed by atoms with Gasteiger partial charge >= 0.3 is 0 Å². The van der Waals surface area contributed by atoms with E-state index >= 15 is 0 Å². The standard InChI is InChI=1S/C22H27ClN2O/c1-17(2)16-21(26)24-12-14-25(15-13-24)22(18-6-4-3-5-7-18)19-8-10-20(23)11-9-19/h3-11,17,22H,12-16H2,1-2H3/t22-/m0/s1. The van der Waals surface area contributed by atoms with Gasteiger partial charge in [-0.3, -0.25) is 9.69 Å². The van der Waals surface area contributed by atoms with E-state index in [0.29, 0.717) is 12.3 Å². The minimum atomic E-state index is 0.191. The summed E-state index contributed by atoms with van der Waals surface area (Å²) < 4.78 is 0. The molecular weight excluding hydrogens is 344 g/mol. The zero-order valence-corrected chi connectivity index (χ0v) is 16.3. The normalized spacial score (nSPS) is 16.7. The van der Waals surface area contributed by atoms with Crippen LogP contribution in [0.3, 0.4) is 0 Å². The first-order valence-electron chi connectivity index (χ1n) is 9.37. The molecule has 0 bridgehead atoms. The predicted octanol–water partition coefficient (Wildman–Crippen LogP) is 4.62. The summed E-state index contributed by atoms with van der Waals surface area (Å²) in [5.74, 6) is 0.689. The Hall–Kier alpha value is -1.84. The first kappa shape index (κ1) is 18.9. The van der Waals surface area contributed by atoms with Gasteiger partial charge in [-0.2, -0.15) is 0 Å². The smallest absolute Gasteiger partial charge is 0.222 e. The summed E-state index contributed by atoms with van der Waals surface area (Å²) in [6.45, 7) is 7.54. The minimum Gasteiger partial charge on any atom is -0.340 e. The lowest BCUT2D eigenvalue weighted by molar-refractivity contribution is -0.133. The van der Waals surface area contributed by atoms with Gasteiger partial charge in [0.25, 0.3) is 0 Å². The van der Waals surface area contributed by atoms with Gasteiger partial charge in [0, 0.05) is 37.6 Å². The monoisotopic (exact) mass is 370 g/mol. The average Bonchev–Trinajstić information content (AvgIpc) is 2.64. The molecule has 1 aliphatic heterocycles. The van der Waals surface area contributed by atoms with Crippen molar-refractivity contribution in [2.24, 2.45) is 5.92 Å². The van der Waals surface area contributed by atoms with Crippen molar-refractivity contribution in [2.45, 2.75) is 26.3 Å². The zero-order chi connectivity index (χ0) is 18.5. The third-order valence-corrected chi connectivity index (χ3v) is 5.17. The van der Waals surface area contributed by atoms with Crippen LogP contribution in [0.25, 0.3) is 0 Å². The number of amides is 1. The molecule has 2 aromatic rings. The second kappa shape index (κ2) is 8.70. The molecule has 0 radical (unpaired) electrons. The molecule has 1 aliphatic rings. The van der Waals surface area contributed by atoms with E-state index in [1.165, 1.54) is 11.1 Å². The summed E-state index contributed by atoms with van der Waals surface area (Å²) in [6.07, 6.45) is 0.638. The van der Waals surface area contributed by atoms with Crippen molar-refractivity contribution >= 4 is 17.5 Å². The maximum absolute atomic E-state index is 12.4. The van der Waals surface area contributed by atoms with Crippen LogP contribution in [-0.2, 0) is 4.79 Å². The lowest BCUT2D eigenvalue weighted by Crippen LogP contribution is -2.50. The van der Waals surface area contributed by atoms with Crippen LogP contribution in [0.4, 0.5) is 0 Å². The molecular formula is C22H27ClN2O. The molecule has 0 spiro atoms. The van der Waals surface area contributed by atoms with Gasteiger partial charge in [0.05, 0.1) is 6.04 Å². The molecule has 3 nitrogen and oxygen atoms in total. The van der Waals surface area contributed by atoms with Crippen LogP contribution in [0.5, 0.6) is 0 Å². The summed E-state index contributed by atoms with van der Waals surface area (Å²) in [4.78, 5) is 16.8. The van der Waals surface area contributed by atoms with E-state index in [2.05, 4.69) is 55.1 Å². The molecule has 1 amide bonds. The third kappa shape index (κ3) is 4.66. The highest BCUT2D eigenvalue weighted by molar-refractivity contribution is 6.30. The van der Waals surface area contributed by atoms with Gasteiger partial charge < -0.3 is 4.90 Å². The van der Waals surface area contributed by atoms with Crippen LogP contribution >= 0.6 is 11.6 Å². The summed E-state index contributed by atoms with van der Waals surface area (Å²) >= 11 is 6.09. The van der Waals surface area contributed by atoms with Gasteiger partial charge in [0.1, 0.15) is 0 Å². The molecule has 1 fully saturated rings. The van der Waals surface area contributed by atoms with E-state index < -0.39 is 0 Å². The largest absolute Gasteiger partial charge is 0.340 e. The van der Waals surface area contributed by atoms with Crippen molar-refractivity contribution in [2.75, 3.05) is 26.2 Å². The summed E-state index contributed by atoms with van der Waals surface area (Å²) in [6, 6.07) is 18.9. The van der Waals surface area contributed by atoms with Crippen LogP contribution in [-0.4, -0.2) is 41.9 Å². The van der Waals surface area contributed by atoms with Crippen molar-refractivity contribution in [3.63, 3.8) is 0 Å². The van der Waals surface area contributed by atoms with Crippen LogP contribution in [0, 0.1) is 5.92 Å². The fraction of sp³-hybridized carbons (Fsp3) is 0.409.